The van der Waals surface area contributed by atoms with Gasteiger partial charge in [-0.15, -0.1) is 0 Å². The number of aromatic nitrogens is 2. The van der Waals surface area contributed by atoms with Crippen LogP contribution in [0.2, 0.25) is 0 Å². The topological polar surface area (TPSA) is 123 Å². The number of benzene rings is 2. The van der Waals surface area contributed by atoms with Crippen molar-refractivity contribution in [3.63, 3.8) is 0 Å². The highest BCUT2D eigenvalue weighted by molar-refractivity contribution is 7.89. The van der Waals surface area contributed by atoms with Crippen LogP contribution in [0.3, 0.4) is 0 Å². The maximum Gasteiger partial charge on any atom is 0.255 e. The zero-order valence-corrected chi connectivity index (χ0v) is 20.0. The molecule has 184 valence electrons. The number of hydrogen-bond donors (Lipinski definition) is 2. The molecule has 0 unspecified atom stereocenters. The molecule has 0 radical (unpaired) electrons. The molecule has 1 aromatic heterocycles. The van der Waals surface area contributed by atoms with Gasteiger partial charge in [0, 0.05) is 24.7 Å². The highest BCUT2D eigenvalue weighted by Crippen LogP contribution is 2.35. The quantitative estimate of drug-likeness (QED) is 0.535. The first-order chi connectivity index (χ1) is 17.0. The van der Waals surface area contributed by atoms with Crippen LogP contribution < -0.4 is 19.5 Å². The normalized spacial score (nSPS) is 16.6. The maximum absolute atomic E-state index is 13.0. The first kappa shape index (κ1) is 23.2. The Kier molecular flexibility index (Phi) is 6.35. The average Bonchev–Trinajstić information content (AvgIpc) is 3.39. The van der Waals surface area contributed by atoms with E-state index in [0.29, 0.717) is 67.7 Å². The van der Waals surface area contributed by atoms with Gasteiger partial charge in [0.05, 0.1) is 29.5 Å². The molecule has 3 heterocycles. The summed E-state index contributed by atoms with van der Waals surface area (Å²) in [6, 6.07) is 11.7. The zero-order valence-electron chi connectivity index (χ0n) is 19.2. The van der Waals surface area contributed by atoms with Crippen molar-refractivity contribution in [1.82, 2.24) is 19.8 Å². The second-order valence-electron chi connectivity index (χ2n) is 8.34. The van der Waals surface area contributed by atoms with Gasteiger partial charge in [0.25, 0.3) is 5.91 Å². The van der Waals surface area contributed by atoms with Crippen molar-refractivity contribution < 1.29 is 27.4 Å². The summed E-state index contributed by atoms with van der Waals surface area (Å²) < 4.78 is 43.7. The summed E-state index contributed by atoms with van der Waals surface area (Å²) in [6.07, 6.45) is 2.52. The molecule has 0 aliphatic carbocycles. The minimum absolute atomic E-state index is 0.146. The van der Waals surface area contributed by atoms with Crippen molar-refractivity contribution in [1.29, 1.82) is 0 Å². The van der Waals surface area contributed by atoms with Crippen LogP contribution in [0.25, 0.3) is 11.3 Å². The molecular weight excluding hydrogens is 472 g/mol. The minimum atomic E-state index is -3.60. The lowest BCUT2D eigenvalue weighted by Gasteiger charge is -2.31. The molecule has 10 nitrogen and oxygen atoms in total. The summed E-state index contributed by atoms with van der Waals surface area (Å²) in [5, 5.41) is 9.98. The van der Waals surface area contributed by atoms with Gasteiger partial charge in [0.15, 0.2) is 11.5 Å². The van der Waals surface area contributed by atoms with Gasteiger partial charge >= 0.3 is 0 Å². The van der Waals surface area contributed by atoms with Crippen molar-refractivity contribution in [3.8, 4) is 28.5 Å². The second-order valence-corrected chi connectivity index (χ2v) is 10.3. The van der Waals surface area contributed by atoms with E-state index in [1.807, 2.05) is 18.2 Å². The van der Waals surface area contributed by atoms with Crippen molar-refractivity contribution in [3.05, 3.63) is 54.2 Å². The predicted molar refractivity (Wildman–Crippen MR) is 127 cm³/mol. The van der Waals surface area contributed by atoms with Crippen LogP contribution in [0.4, 0.5) is 0 Å². The molecule has 3 aromatic rings. The summed E-state index contributed by atoms with van der Waals surface area (Å²) >= 11 is 0. The van der Waals surface area contributed by atoms with Crippen molar-refractivity contribution >= 4 is 15.9 Å². The third kappa shape index (κ3) is 4.69. The highest BCUT2D eigenvalue weighted by Gasteiger charge is 2.30. The van der Waals surface area contributed by atoms with E-state index in [2.05, 4.69) is 15.5 Å². The first-order valence-electron chi connectivity index (χ1n) is 11.3. The first-order valence-corrected chi connectivity index (χ1v) is 12.8. The lowest BCUT2D eigenvalue weighted by Crippen LogP contribution is -2.46. The number of amides is 1. The van der Waals surface area contributed by atoms with Crippen LogP contribution >= 0.6 is 0 Å². The molecule has 2 aliphatic heterocycles. The Morgan fingerprint density at radius 1 is 1.09 bits per heavy atom. The van der Waals surface area contributed by atoms with Gasteiger partial charge in [-0.1, -0.05) is 0 Å². The number of carbonyl (C=O) groups excluding carboxylic acids is 1. The van der Waals surface area contributed by atoms with Crippen LogP contribution in [-0.2, 0) is 10.0 Å². The van der Waals surface area contributed by atoms with Gasteiger partial charge in [0.2, 0.25) is 10.0 Å². The van der Waals surface area contributed by atoms with Crippen molar-refractivity contribution in [2.75, 3.05) is 33.4 Å². The van der Waals surface area contributed by atoms with E-state index in [1.54, 1.807) is 24.3 Å². The molecule has 0 saturated carbocycles. The fraction of sp³-hybridized carbons (Fsp3) is 0.333. The molecule has 1 saturated heterocycles. The number of sulfonamides is 1. The Hall–Kier alpha value is -3.57. The Morgan fingerprint density at radius 3 is 2.51 bits per heavy atom. The monoisotopic (exact) mass is 498 g/mol. The van der Waals surface area contributed by atoms with Gasteiger partial charge < -0.3 is 19.5 Å². The second kappa shape index (κ2) is 9.59. The number of piperidine rings is 1. The van der Waals surface area contributed by atoms with E-state index in [4.69, 9.17) is 14.2 Å². The third-order valence-corrected chi connectivity index (χ3v) is 8.11. The van der Waals surface area contributed by atoms with E-state index in [9.17, 15) is 13.2 Å². The van der Waals surface area contributed by atoms with Crippen LogP contribution in [0.1, 0.15) is 23.2 Å². The van der Waals surface area contributed by atoms with Crippen LogP contribution in [0.5, 0.6) is 17.2 Å². The van der Waals surface area contributed by atoms with Crippen molar-refractivity contribution in [2.45, 2.75) is 23.8 Å². The SMILES string of the molecule is COc1ccc(S(=O)(=O)N2CCC(NC(=O)c3cn[nH]c3-c3ccc4c(c3)OCCO4)CC2)cc1. The smallest absolute Gasteiger partial charge is 0.255 e. The summed E-state index contributed by atoms with van der Waals surface area (Å²) in [7, 11) is -2.07. The highest BCUT2D eigenvalue weighted by atomic mass is 32.2. The Morgan fingerprint density at radius 2 is 1.80 bits per heavy atom. The molecule has 5 rings (SSSR count). The lowest BCUT2D eigenvalue weighted by atomic mass is 10.0. The number of methoxy groups -OCH3 is 1. The number of rotatable bonds is 6. The number of hydrogen-bond acceptors (Lipinski definition) is 7. The van der Waals surface area contributed by atoms with Crippen LogP contribution in [-0.4, -0.2) is 68.3 Å². The van der Waals surface area contributed by atoms with Gasteiger partial charge in [-0.2, -0.15) is 9.40 Å². The number of aromatic amines is 1. The van der Waals surface area contributed by atoms with Gasteiger partial charge in [-0.25, -0.2) is 8.42 Å². The van der Waals surface area contributed by atoms with Crippen molar-refractivity contribution in [2.24, 2.45) is 0 Å². The molecule has 0 atom stereocenters. The largest absolute Gasteiger partial charge is 0.497 e. The molecule has 2 aromatic carbocycles. The molecule has 1 amide bonds. The molecular formula is C24H26N4O6S. The van der Waals surface area contributed by atoms with E-state index < -0.39 is 10.0 Å². The maximum atomic E-state index is 13.0. The van der Waals surface area contributed by atoms with E-state index in [-0.39, 0.29) is 16.8 Å². The molecule has 2 N–H and O–H groups in total. The predicted octanol–water partition coefficient (Wildman–Crippen LogP) is 2.44. The lowest BCUT2D eigenvalue weighted by molar-refractivity contribution is 0.0924. The van der Waals surface area contributed by atoms with Crippen LogP contribution in [0.15, 0.2) is 53.6 Å². The summed E-state index contributed by atoms with van der Waals surface area (Å²) in [4.78, 5) is 13.3. The number of carbonyl (C=O) groups is 1. The fourth-order valence-electron chi connectivity index (χ4n) is 4.28. The van der Waals surface area contributed by atoms with Gasteiger partial charge in [-0.3, -0.25) is 9.89 Å². The Labute approximate surface area is 203 Å². The molecule has 2 aliphatic rings. The summed E-state index contributed by atoms with van der Waals surface area (Å²) in [5.74, 6) is 1.63. The Bertz CT molecular complexity index is 1310. The average molecular weight is 499 g/mol. The number of H-pyrrole nitrogens is 1. The minimum Gasteiger partial charge on any atom is -0.497 e. The van der Waals surface area contributed by atoms with E-state index in [1.165, 1.54) is 17.6 Å². The fourth-order valence-corrected chi connectivity index (χ4v) is 5.75. The zero-order chi connectivity index (χ0) is 24.4. The third-order valence-electron chi connectivity index (χ3n) is 6.20. The summed E-state index contributed by atoms with van der Waals surface area (Å²) in [6.45, 7) is 1.61. The Balaban J connectivity index is 1.23. The summed E-state index contributed by atoms with van der Waals surface area (Å²) in [5.41, 5.74) is 1.76. The molecule has 1 fully saturated rings. The standard InChI is InChI=1S/C24H26N4O6S/c1-32-18-3-5-19(6-4-18)35(30,31)28-10-8-17(9-11-28)26-24(29)20-15-25-27-23(20)16-2-7-21-22(14-16)34-13-12-33-21/h2-7,14-15,17H,8-13H2,1H3,(H,25,27)(H,26,29). The molecule has 35 heavy (non-hydrogen) atoms. The molecule has 0 spiro atoms. The number of nitrogens with zero attached hydrogens (tertiary/aromatic N) is 2. The molecule has 11 heteroatoms. The van der Waals surface area contributed by atoms with Gasteiger partial charge in [0.1, 0.15) is 19.0 Å². The van der Waals surface area contributed by atoms with E-state index >= 15 is 0 Å². The van der Waals surface area contributed by atoms with Gasteiger partial charge in [-0.05, 0) is 55.3 Å². The molecule has 0 bridgehead atoms. The van der Waals surface area contributed by atoms with Crippen LogP contribution in [0, 0.1) is 0 Å². The number of ether oxygens (including phenoxy) is 3. The number of fused-ring (bicyclic) bond motifs is 1. The number of nitrogens with one attached hydrogen (secondary N) is 2. The van der Waals surface area contributed by atoms with E-state index in [0.717, 1.165) is 5.56 Å².